The quantitative estimate of drug-likeness (QED) is 0.205. The van der Waals surface area contributed by atoms with Crippen molar-refractivity contribution < 1.29 is 38.5 Å². The molecule has 140 valence electrons. The first-order chi connectivity index (χ1) is 11.4. The van der Waals surface area contributed by atoms with E-state index in [9.17, 15) is 55.0 Å². The van der Waals surface area contributed by atoms with E-state index in [1.807, 2.05) is 0 Å². The van der Waals surface area contributed by atoms with Crippen molar-refractivity contribution in [2.24, 2.45) is 5.92 Å². The van der Waals surface area contributed by atoms with Crippen molar-refractivity contribution in [3.8, 4) is 0 Å². The number of alkyl halides is 1. The number of hydrogen-bond acceptors (Lipinski definition) is 12. The highest BCUT2D eigenvalue weighted by molar-refractivity contribution is 4.76. The molecule has 0 spiro atoms. The van der Waals surface area contributed by atoms with Crippen molar-refractivity contribution in [2.45, 2.75) is 24.4 Å². The molecule has 0 bridgehead atoms. The van der Waals surface area contributed by atoms with E-state index >= 15 is 0 Å². The second-order valence-corrected chi connectivity index (χ2v) is 4.70. The Morgan fingerprint density at radius 3 is 1.72 bits per heavy atom. The maximum Gasteiger partial charge on any atom is 0.705 e. The molecule has 1 fully saturated rings. The van der Waals surface area contributed by atoms with Gasteiger partial charge in [0.15, 0.2) is 21.1 Å². The van der Waals surface area contributed by atoms with Crippen LogP contribution in [-0.2, 0) is 9.47 Å². The average molecular weight is 373 g/mol. The fourth-order valence-corrected chi connectivity index (χ4v) is 2.00. The van der Waals surface area contributed by atoms with Crippen LogP contribution in [-0.4, -0.2) is 55.8 Å². The van der Waals surface area contributed by atoms with E-state index in [4.69, 9.17) is 0 Å². The van der Waals surface area contributed by atoms with Gasteiger partial charge in [0.05, 0.1) is 6.61 Å². The zero-order chi connectivity index (χ0) is 19.6. The molecule has 0 radical (unpaired) electrons. The molecule has 1 aliphatic heterocycles. The molecule has 1 rings (SSSR count). The lowest BCUT2D eigenvalue weighted by atomic mass is 10.0. The molecule has 1 aliphatic rings. The molecule has 0 N–H and O–H groups in total. The third-order valence-corrected chi connectivity index (χ3v) is 3.33. The minimum atomic E-state index is -4.26. The summed E-state index contributed by atoms with van der Waals surface area (Å²) in [7, 11) is 0. The Hall–Kier alpha value is -3.15. The minimum absolute atomic E-state index is 0.894. The molecule has 0 aromatic rings. The number of nitro groups is 5. The fraction of sp³-hybridized carbons (Fsp3) is 1.00. The molecular formula is C7H8FN5O12. The van der Waals surface area contributed by atoms with E-state index < -0.39 is 68.2 Å². The summed E-state index contributed by atoms with van der Waals surface area (Å²) in [6.07, 6.45) is -2.69. The van der Waals surface area contributed by atoms with Gasteiger partial charge in [-0.05, 0) is 0 Å². The lowest BCUT2D eigenvalue weighted by Gasteiger charge is -2.14. The second kappa shape index (κ2) is 6.76. The highest BCUT2D eigenvalue weighted by atomic mass is 19.2. The topological polar surface area (TPSA) is 234 Å². The van der Waals surface area contributed by atoms with Gasteiger partial charge < -0.3 is 9.47 Å². The largest absolute Gasteiger partial charge is 0.705 e. The normalized spacial score (nSPS) is 20.8. The Kier molecular flexibility index (Phi) is 5.38. The Morgan fingerprint density at radius 1 is 0.920 bits per heavy atom. The zero-order valence-electron chi connectivity index (χ0n) is 11.8. The van der Waals surface area contributed by atoms with E-state index in [1.165, 1.54) is 0 Å². The van der Waals surface area contributed by atoms with E-state index in [0.717, 1.165) is 0 Å². The van der Waals surface area contributed by atoms with Gasteiger partial charge in [-0.15, -0.1) is 0 Å². The molecule has 18 heteroatoms. The highest BCUT2D eigenvalue weighted by Crippen LogP contribution is 2.34. The Morgan fingerprint density at radius 2 is 1.36 bits per heavy atom. The maximum absolute atomic E-state index is 13.5. The first kappa shape index (κ1) is 19.9. The molecular weight excluding hydrogens is 365 g/mol. The Balaban J connectivity index is 2.92. The fourth-order valence-electron chi connectivity index (χ4n) is 2.00. The highest BCUT2D eigenvalue weighted by Gasteiger charge is 2.77. The first-order valence-corrected chi connectivity index (χ1v) is 6.05. The predicted molar refractivity (Wildman–Crippen MR) is 65.3 cm³/mol. The molecule has 0 unspecified atom stereocenters. The number of rotatable bonds is 9. The second-order valence-electron chi connectivity index (χ2n) is 4.70. The summed E-state index contributed by atoms with van der Waals surface area (Å²) >= 11 is 0. The molecule has 25 heavy (non-hydrogen) atoms. The average Bonchev–Trinajstić information content (AvgIpc) is 2.92. The molecule has 0 saturated carbocycles. The summed E-state index contributed by atoms with van der Waals surface area (Å²) in [5.74, 6) is -10.1. The van der Waals surface area contributed by atoms with E-state index in [1.54, 1.807) is 0 Å². The van der Waals surface area contributed by atoms with Crippen molar-refractivity contribution in [1.29, 1.82) is 0 Å². The molecule has 0 amide bonds. The van der Waals surface area contributed by atoms with Crippen molar-refractivity contribution in [3.63, 3.8) is 0 Å². The Labute approximate surface area is 134 Å². The van der Waals surface area contributed by atoms with Gasteiger partial charge in [0.1, 0.15) is 9.85 Å². The van der Waals surface area contributed by atoms with Crippen molar-refractivity contribution >= 4 is 0 Å². The van der Waals surface area contributed by atoms with Gasteiger partial charge in [0, 0.05) is 6.42 Å². The van der Waals surface area contributed by atoms with Crippen LogP contribution in [0, 0.1) is 56.5 Å². The summed E-state index contributed by atoms with van der Waals surface area (Å²) in [6, 6.07) is 0. The van der Waals surface area contributed by atoms with E-state index in [0.29, 0.717) is 0 Å². The Bertz CT molecular complexity index is 575. The monoisotopic (exact) mass is 373 g/mol. The van der Waals surface area contributed by atoms with Gasteiger partial charge in [-0.25, -0.2) is 0 Å². The molecule has 1 saturated heterocycles. The third kappa shape index (κ3) is 3.24. The van der Waals surface area contributed by atoms with Gasteiger partial charge in [-0.2, -0.15) is 0 Å². The van der Waals surface area contributed by atoms with Crippen LogP contribution >= 0.6 is 0 Å². The standard InChI is InChI=1S/C7H8FN5O12/c8-6(9(14)15,10(16)17)3-25-5-1-4(2-24-5)7(11(18)19,12(20)21)13(22)23/h4-5H,1-3H2/t4-,5+/m1/s1. The van der Waals surface area contributed by atoms with Gasteiger partial charge >= 0.3 is 11.7 Å². The maximum atomic E-state index is 13.5. The minimum Gasteiger partial charge on any atom is -0.351 e. The van der Waals surface area contributed by atoms with Crippen molar-refractivity contribution in [2.75, 3.05) is 13.2 Å². The van der Waals surface area contributed by atoms with Gasteiger partial charge in [0.25, 0.3) is 0 Å². The van der Waals surface area contributed by atoms with Gasteiger partial charge in [-0.1, -0.05) is 4.39 Å². The van der Waals surface area contributed by atoms with Gasteiger partial charge in [-0.3, -0.25) is 50.6 Å². The molecule has 2 atom stereocenters. The van der Waals surface area contributed by atoms with E-state index in [2.05, 4.69) is 9.47 Å². The molecule has 0 aromatic carbocycles. The van der Waals surface area contributed by atoms with Crippen LogP contribution in [0.2, 0.25) is 0 Å². The molecule has 17 nitrogen and oxygen atoms in total. The van der Waals surface area contributed by atoms with Crippen LogP contribution in [0.4, 0.5) is 4.39 Å². The smallest absolute Gasteiger partial charge is 0.351 e. The lowest BCUT2D eigenvalue weighted by molar-refractivity contribution is -0.978. The number of halogens is 1. The van der Waals surface area contributed by atoms with Crippen molar-refractivity contribution in [3.05, 3.63) is 50.6 Å². The van der Waals surface area contributed by atoms with Crippen LogP contribution in [0.1, 0.15) is 6.42 Å². The predicted octanol–water partition coefficient (Wildman–Crippen LogP) is -0.974. The number of nitrogens with zero attached hydrogens (tertiary/aromatic N) is 5. The van der Waals surface area contributed by atoms with Crippen LogP contribution < -0.4 is 0 Å². The van der Waals surface area contributed by atoms with Gasteiger partial charge in [0.2, 0.25) is 12.5 Å². The summed E-state index contributed by atoms with van der Waals surface area (Å²) < 4.78 is 22.5. The first-order valence-electron chi connectivity index (χ1n) is 6.05. The van der Waals surface area contributed by atoms with Crippen LogP contribution in [0.15, 0.2) is 0 Å². The molecule has 0 aromatic heterocycles. The SMILES string of the molecule is O=[N+]([O-])C(F)(CO[C@H]1C[C@@H](C([N+](=O)[O-])([N+](=O)[O-])[N+](=O)[O-])CO1)[N+](=O)[O-]. The van der Waals surface area contributed by atoms with E-state index in [-0.39, 0.29) is 0 Å². The summed E-state index contributed by atoms with van der Waals surface area (Å²) in [5.41, 5.74) is 0. The van der Waals surface area contributed by atoms with Crippen molar-refractivity contribution in [1.82, 2.24) is 0 Å². The molecule has 0 aliphatic carbocycles. The summed E-state index contributed by atoms with van der Waals surface area (Å²) in [4.78, 5) is 44.3. The zero-order valence-corrected chi connectivity index (χ0v) is 11.8. The van der Waals surface area contributed by atoms with Crippen LogP contribution in [0.25, 0.3) is 0 Å². The van der Waals surface area contributed by atoms with Crippen LogP contribution in [0.3, 0.4) is 0 Å². The summed E-state index contributed by atoms with van der Waals surface area (Å²) in [6.45, 7) is -2.73. The van der Waals surface area contributed by atoms with Crippen LogP contribution in [0.5, 0.6) is 0 Å². The lowest BCUT2D eigenvalue weighted by Crippen LogP contribution is -2.59. The molecule has 1 heterocycles. The number of hydrogen-bond donors (Lipinski definition) is 0. The summed E-state index contributed by atoms with van der Waals surface area (Å²) in [5, 5.41) is 53.4. The number of ether oxygens (including phenoxy) is 2. The third-order valence-electron chi connectivity index (χ3n) is 3.33.